The molecule has 2 aliphatic heterocycles. The molecule has 0 amide bonds. The molecule has 1 aromatic heterocycles. The number of aromatic carboxylic acids is 1. The maximum Gasteiger partial charge on any atom is 0.335 e. The number of nitrogens with zero attached hydrogens (tertiary/aromatic N) is 1. The zero-order valence-corrected chi connectivity index (χ0v) is 20.5. The van der Waals surface area contributed by atoms with Gasteiger partial charge in [-0.1, -0.05) is 12.1 Å². The molecule has 0 radical (unpaired) electrons. The number of carbonyl (C=O) groups is 1. The molecule has 0 saturated carbocycles. The van der Waals surface area contributed by atoms with E-state index >= 15 is 0 Å². The van der Waals surface area contributed by atoms with Crippen molar-refractivity contribution in [2.45, 2.75) is 44.9 Å². The van der Waals surface area contributed by atoms with Gasteiger partial charge >= 0.3 is 5.97 Å². The van der Waals surface area contributed by atoms with Crippen LogP contribution in [0.15, 0.2) is 42.6 Å². The van der Waals surface area contributed by atoms with Gasteiger partial charge < -0.3 is 24.3 Å². The Morgan fingerprint density at radius 2 is 2.06 bits per heavy atom. The molecule has 5 rings (SSSR count). The molecule has 2 aliphatic rings. The number of aromatic nitrogens is 1. The number of carboxylic acids is 1. The van der Waals surface area contributed by atoms with Gasteiger partial charge in [0.1, 0.15) is 5.75 Å². The summed E-state index contributed by atoms with van der Waals surface area (Å²) in [6.07, 6.45) is 5.05. The summed E-state index contributed by atoms with van der Waals surface area (Å²) >= 11 is 0. The first-order valence-electron chi connectivity index (χ1n) is 12.4. The Bertz CT molecular complexity index is 1170. The van der Waals surface area contributed by atoms with Crippen LogP contribution in [0.25, 0.3) is 10.9 Å². The van der Waals surface area contributed by atoms with E-state index in [4.69, 9.17) is 14.2 Å². The zero-order chi connectivity index (χ0) is 24.4. The van der Waals surface area contributed by atoms with E-state index in [-0.39, 0.29) is 12.1 Å². The number of hydrogen-bond acceptors (Lipinski definition) is 5. The topological polar surface area (TPSA) is 84.0 Å². The molecule has 0 spiro atoms. The van der Waals surface area contributed by atoms with Crippen LogP contribution in [0, 0.1) is 12.8 Å². The van der Waals surface area contributed by atoms with E-state index in [1.54, 1.807) is 19.2 Å². The average molecular weight is 479 g/mol. The number of fused-ring (bicyclic) bond motifs is 1. The minimum atomic E-state index is -0.906. The van der Waals surface area contributed by atoms with E-state index in [2.05, 4.69) is 28.9 Å². The quantitative estimate of drug-likeness (QED) is 0.477. The lowest BCUT2D eigenvalue weighted by atomic mass is 9.91. The molecule has 7 nitrogen and oxygen atoms in total. The molecule has 3 heterocycles. The Morgan fingerprint density at radius 1 is 1.23 bits per heavy atom. The Balaban J connectivity index is 1.41. The smallest absolute Gasteiger partial charge is 0.335 e. The highest BCUT2D eigenvalue weighted by Gasteiger charge is 2.32. The van der Waals surface area contributed by atoms with Crippen molar-refractivity contribution in [2.24, 2.45) is 5.92 Å². The van der Waals surface area contributed by atoms with Crippen LogP contribution in [-0.4, -0.2) is 60.5 Å². The van der Waals surface area contributed by atoms with E-state index in [0.29, 0.717) is 11.5 Å². The number of aryl methyl sites for hydroxylation is 1. The first-order chi connectivity index (χ1) is 17.0. The zero-order valence-electron chi connectivity index (χ0n) is 20.5. The fraction of sp³-hybridized carbons (Fsp3) is 0.464. The highest BCUT2D eigenvalue weighted by Crippen LogP contribution is 2.38. The fourth-order valence-electron chi connectivity index (χ4n) is 5.49. The molecule has 2 saturated heterocycles. The minimum absolute atomic E-state index is 0.122. The molecule has 2 N–H and O–H groups in total. The number of methoxy groups -OCH3 is 1. The maximum absolute atomic E-state index is 11.4. The molecule has 0 bridgehead atoms. The molecule has 0 aliphatic carbocycles. The number of H-pyrrole nitrogens is 1. The van der Waals surface area contributed by atoms with Gasteiger partial charge in [-0.15, -0.1) is 0 Å². The monoisotopic (exact) mass is 478 g/mol. The standard InChI is InChI=1S/C28H34N2O5/c1-18-13-26(33-2)24(23-7-10-29-27(18)23)15-30-11-8-22(35-17-19-9-12-34-16-19)14-25(30)20-3-5-21(6-4-20)28(31)32/h3-7,10,13,19,22,25,29H,8-9,11-12,14-17H2,1-2H3,(H,31,32)/t19?,22-,25-/m1/s1. The van der Waals surface area contributed by atoms with Gasteiger partial charge in [-0.25, -0.2) is 4.79 Å². The van der Waals surface area contributed by atoms with Gasteiger partial charge in [0.25, 0.3) is 0 Å². The highest BCUT2D eigenvalue weighted by atomic mass is 16.5. The lowest BCUT2D eigenvalue weighted by Gasteiger charge is -2.40. The molecule has 1 unspecified atom stereocenters. The summed E-state index contributed by atoms with van der Waals surface area (Å²) < 4.78 is 17.7. The Kier molecular flexibility index (Phi) is 7.09. The van der Waals surface area contributed by atoms with Gasteiger partial charge in [-0.05, 0) is 61.6 Å². The predicted molar refractivity (Wildman–Crippen MR) is 134 cm³/mol. The second-order valence-electron chi connectivity index (χ2n) is 9.76. The van der Waals surface area contributed by atoms with E-state index in [1.165, 1.54) is 10.9 Å². The molecule has 2 fully saturated rings. The summed E-state index contributed by atoms with van der Waals surface area (Å²) in [4.78, 5) is 17.2. The van der Waals surface area contributed by atoms with Crippen LogP contribution in [0.4, 0.5) is 0 Å². The first-order valence-corrected chi connectivity index (χ1v) is 12.4. The molecular formula is C28H34N2O5. The van der Waals surface area contributed by atoms with Gasteiger partial charge in [0.15, 0.2) is 0 Å². The second kappa shape index (κ2) is 10.4. The van der Waals surface area contributed by atoms with Crippen molar-refractivity contribution in [1.29, 1.82) is 0 Å². The van der Waals surface area contributed by atoms with Gasteiger partial charge in [-0.3, -0.25) is 4.90 Å². The van der Waals surface area contributed by atoms with E-state index < -0.39 is 5.97 Å². The van der Waals surface area contributed by atoms with Gasteiger partial charge in [-0.2, -0.15) is 0 Å². The Labute approximate surface area is 206 Å². The minimum Gasteiger partial charge on any atom is -0.496 e. The summed E-state index contributed by atoms with van der Waals surface area (Å²) in [6, 6.07) is 11.6. The number of benzene rings is 2. The molecule has 35 heavy (non-hydrogen) atoms. The number of carboxylic acid groups (broad SMARTS) is 1. The number of nitrogens with one attached hydrogen (secondary N) is 1. The summed E-state index contributed by atoms with van der Waals surface area (Å²) in [6.45, 7) is 6.09. The van der Waals surface area contributed by atoms with Crippen LogP contribution in [0.1, 0.15) is 52.4 Å². The van der Waals surface area contributed by atoms with Crippen LogP contribution in [-0.2, 0) is 16.0 Å². The molecular weight excluding hydrogens is 444 g/mol. The van der Waals surface area contributed by atoms with Crippen LogP contribution in [0.3, 0.4) is 0 Å². The van der Waals surface area contributed by atoms with Gasteiger partial charge in [0, 0.05) is 54.3 Å². The van der Waals surface area contributed by atoms with Crippen LogP contribution < -0.4 is 4.74 Å². The van der Waals surface area contributed by atoms with Gasteiger partial charge in [0.2, 0.25) is 0 Å². The van der Waals surface area contributed by atoms with Crippen LogP contribution >= 0.6 is 0 Å². The summed E-state index contributed by atoms with van der Waals surface area (Å²) in [5, 5.41) is 10.5. The number of hydrogen-bond donors (Lipinski definition) is 2. The van der Waals surface area contributed by atoms with Crippen molar-refractivity contribution < 1.29 is 24.1 Å². The van der Waals surface area contributed by atoms with E-state index in [9.17, 15) is 9.90 Å². The van der Waals surface area contributed by atoms with Crippen molar-refractivity contribution in [2.75, 3.05) is 33.5 Å². The van der Waals surface area contributed by atoms with E-state index in [0.717, 1.165) is 74.6 Å². The number of aromatic amines is 1. The summed E-state index contributed by atoms with van der Waals surface area (Å²) in [5.74, 6) is 0.477. The van der Waals surface area contributed by atoms with Crippen molar-refractivity contribution in [3.05, 3.63) is 64.8 Å². The molecule has 3 aromatic rings. The predicted octanol–water partition coefficient (Wildman–Crippen LogP) is 4.94. The Morgan fingerprint density at radius 3 is 2.77 bits per heavy atom. The second-order valence-corrected chi connectivity index (χ2v) is 9.76. The molecule has 3 atom stereocenters. The van der Waals surface area contributed by atoms with Gasteiger partial charge in [0.05, 0.1) is 32.0 Å². The van der Waals surface area contributed by atoms with Crippen molar-refractivity contribution >= 4 is 16.9 Å². The molecule has 186 valence electrons. The number of rotatable bonds is 8. The lowest BCUT2D eigenvalue weighted by Crippen LogP contribution is -2.40. The van der Waals surface area contributed by atoms with Crippen LogP contribution in [0.5, 0.6) is 5.75 Å². The third kappa shape index (κ3) is 5.08. The average Bonchev–Trinajstić information content (AvgIpc) is 3.58. The van der Waals surface area contributed by atoms with Crippen molar-refractivity contribution in [1.82, 2.24) is 9.88 Å². The Hall–Kier alpha value is -2.87. The number of likely N-dealkylation sites (tertiary alicyclic amines) is 1. The normalized spacial score (nSPS) is 23.1. The fourth-order valence-corrected chi connectivity index (χ4v) is 5.49. The van der Waals surface area contributed by atoms with E-state index in [1.807, 2.05) is 18.3 Å². The first kappa shape index (κ1) is 23.9. The summed E-state index contributed by atoms with van der Waals surface area (Å²) in [7, 11) is 1.73. The number of ether oxygens (including phenoxy) is 3. The largest absolute Gasteiger partial charge is 0.496 e. The summed E-state index contributed by atoms with van der Waals surface area (Å²) in [5.41, 5.74) is 4.89. The highest BCUT2D eigenvalue weighted by molar-refractivity contribution is 5.88. The third-order valence-electron chi connectivity index (χ3n) is 7.49. The van der Waals surface area contributed by atoms with Crippen LogP contribution in [0.2, 0.25) is 0 Å². The number of piperidine rings is 1. The molecule has 7 heteroatoms. The lowest BCUT2D eigenvalue weighted by molar-refractivity contribution is -0.0325. The maximum atomic E-state index is 11.4. The molecule has 2 aromatic carbocycles. The third-order valence-corrected chi connectivity index (χ3v) is 7.49. The van der Waals surface area contributed by atoms with Crippen molar-refractivity contribution in [3.63, 3.8) is 0 Å². The SMILES string of the molecule is COc1cc(C)c2[nH]ccc2c1CN1CC[C@@H](OCC2CCOC2)C[C@@H]1c1ccc(C(=O)O)cc1. The van der Waals surface area contributed by atoms with Crippen molar-refractivity contribution in [3.8, 4) is 5.75 Å².